The number of hydrogen-bond acceptors (Lipinski definition) is 4. The summed E-state index contributed by atoms with van der Waals surface area (Å²) in [6, 6.07) is 12.0. The molecule has 0 unspecified atom stereocenters. The van der Waals surface area contributed by atoms with Crippen molar-refractivity contribution in [3.63, 3.8) is 0 Å². The Kier molecular flexibility index (Phi) is 5.68. The number of ether oxygens (including phenoxy) is 1. The molecule has 1 aliphatic carbocycles. The van der Waals surface area contributed by atoms with Crippen LogP contribution in [0.25, 0.3) is 0 Å². The number of nitro groups is 1. The second-order valence-corrected chi connectivity index (χ2v) is 7.69. The van der Waals surface area contributed by atoms with Crippen molar-refractivity contribution in [3.8, 4) is 5.75 Å². The summed E-state index contributed by atoms with van der Waals surface area (Å²) < 4.78 is 5.76. The first-order valence-corrected chi connectivity index (χ1v) is 9.65. The molecule has 1 aliphatic rings. The summed E-state index contributed by atoms with van der Waals surface area (Å²) in [6.45, 7) is 5.90. The zero-order valence-electron chi connectivity index (χ0n) is 16.5. The zero-order chi connectivity index (χ0) is 20.3. The number of non-ortho nitro benzene ring substituents is 1. The molecule has 2 aromatic carbocycles. The van der Waals surface area contributed by atoms with E-state index in [4.69, 9.17) is 4.74 Å². The van der Waals surface area contributed by atoms with E-state index in [2.05, 4.69) is 5.32 Å². The summed E-state index contributed by atoms with van der Waals surface area (Å²) in [4.78, 5) is 23.8. The van der Waals surface area contributed by atoms with Crippen LogP contribution in [-0.2, 0) is 10.2 Å². The van der Waals surface area contributed by atoms with E-state index in [0.29, 0.717) is 0 Å². The summed E-state index contributed by atoms with van der Waals surface area (Å²) in [7, 11) is 0. The van der Waals surface area contributed by atoms with Gasteiger partial charge in [-0.15, -0.1) is 0 Å². The Balaban J connectivity index is 1.84. The average molecular weight is 382 g/mol. The molecule has 1 amide bonds. The van der Waals surface area contributed by atoms with Crippen LogP contribution in [0.1, 0.15) is 50.7 Å². The number of nitrogens with one attached hydrogen (secondary N) is 1. The van der Waals surface area contributed by atoms with E-state index < -0.39 is 10.3 Å². The fourth-order valence-corrected chi connectivity index (χ4v) is 3.89. The third-order valence-electron chi connectivity index (χ3n) is 5.32. The smallest absolute Gasteiger partial charge is 0.269 e. The van der Waals surface area contributed by atoms with Crippen LogP contribution in [0.5, 0.6) is 5.75 Å². The molecule has 0 saturated heterocycles. The van der Waals surface area contributed by atoms with E-state index >= 15 is 0 Å². The predicted octanol–water partition coefficient (Wildman–Crippen LogP) is 5.14. The molecule has 1 N–H and O–H groups in total. The lowest BCUT2D eigenvalue weighted by atomic mass is 9.78. The molecule has 0 spiro atoms. The summed E-state index contributed by atoms with van der Waals surface area (Å²) in [5.41, 5.74) is 1.92. The number of benzene rings is 2. The van der Waals surface area contributed by atoms with Gasteiger partial charge in [0.25, 0.3) is 5.69 Å². The largest absolute Gasteiger partial charge is 0.491 e. The maximum atomic E-state index is 13.3. The van der Waals surface area contributed by atoms with Crippen molar-refractivity contribution >= 4 is 17.3 Å². The van der Waals surface area contributed by atoms with Gasteiger partial charge in [0.15, 0.2) is 0 Å². The molecule has 6 heteroatoms. The van der Waals surface area contributed by atoms with Crippen molar-refractivity contribution in [2.24, 2.45) is 0 Å². The quantitative estimate of drug-likeness (QED) is 0.554. The monoisotopic (exact) mass is 382 g/mol. The normalized spacial score (nSPS) is 15.4. The summed E-state index contributed by atoms with van der Waals surface area (Å²) in [5, 5.41) is 14.0. The van der Waals surface area contributed by atoms with Gasteiger partial charge in [-0.1, -0.05) is 25.0 Å². The van der Waals surface area contributed by atoms with Crippen LogP contribution in [0, 0.1) is 17.0 Å². The Labute approximate surface area is 165 Å². The maximum Gasteiger partial charge on any atom is 0.269 e. The molecule has 148 valence electrons. The number of nitrogens with zero attached hydrogens (tertiary/aromatic N) is 1. The van der Waals surface area contributed by atoms with Gasteiger partial charge in [0.1, 0.15) is 5.75 Å². The van der Waals surface area contributed by atoms with Crippen LogP contribution in [0.15, 0.2) is 42.5 Å². The minimum atomic E-state index is -0.643. The van der Waals surface area contributed by atoms with Crippen molar-refractivity contribution in [2.45, 2.75) is 58.0 Å². The molecule has 1 saturated carbocycles. The lowest BCUT2D eigenvalue weighted by molar-refractivity contribution is -0.384. The number of hydrogen-bond donors (Lipinski definition) is 1. The van der Waals surface area contributed by atoms with Crippen molar-refractivity contribution in [2.75, 3.05) is 5.32 Å². The second-order valence-electron chi connectivity index (χ2n) is 7.69. The van der Waals surface area contributed by atoms with Gasteiger partial charge < -0.3 is 10.1 Å². The Bertz CT molecular complexity index is 869. The summed E-state index contributed by atoms with van der Waals surface area (Å²) in [6.07, 6.45) is 3.49. The molecule has 3 rings (SSSR count). The summed E-state index contributed by atoms with van der Waals surface area (Å²) in [5.74, 6) is 0.745. The third kappa shape index (κ3) is 4.01. The fourth-order valence-electron chi connectivity index (χ4n) is 3.89. The van der Waals surface area contributed by atoms with Crippen LogP contribution in [0.4, 0.5) is 11.4 Å². The molecular weight excluding hydrogens is 356 g/mol. The molecule has 0 aliphatic heterocycles. The number of anilines is 1. The Morgan fingerprint density at radius 3 is 2.32 bits per heavy atom. The number of aryl methyl sites for hydroxylation is 1. The molecular formula is C22H26N2O4. The van der Waals surface area contributed by atoms with E-state index in [1.54, 1.807) is 12.1 Å². The van der Waals surface area contributed by atoms with Crippen LogP contribution in [-0.4, -0.2) is 16.9 Å². The Hall–Kier alpha value is -2.89. The van der Waals surface area contributed by atoms with Gasteiger partial charge in [-0.3, -0.25) is 14.9 Å². The van der Waals surface area contributed by atoms with E-state index in [-0.39, 0.29) is 17.7 Å². The van der Waals surface area contributed by atoms with Gasteiger partial charge in [0.05, 0.1) is 16.4 Å². The van der Waals surface area contributed by atoms with Gasteiger partial charge >= 0.3 is 0 Å². The highest BCUT2D eigenvalue weighted by molar-refractivity contribution is 5.99. The molecule has 6 nitrogen and oxygen atoms in total. The first kappa shape index (κ1) is 19.9. The highest BCUT2D eigenvalue weighted by Gasteiger charge is 2.42. The molecule has 0 aromatic heterocycles. The van der Waals surface area contributed by atoms with Gasteiger partial charge in [-0.2, -0.15) is 0 Å². The SMILES string of the molecule is Cc1cc(NC(=O)C2(c3ccc([N+](=O)[O-])cc3)CCCC2)ccc1OC(C)C. The molecule has 0 bridgehead atoms. The number of nitro benzene ring substituents is 1. The van der Waals surface area contributed by atoms with Crippen molar-refractivity contribution < 1.29 is 14.5 Å². The molecule has 2 aromatic rings. The topological polar surface area (TPSA) is 81.5 Å². The standard InChI is InChI=1S/C22H26N2O4/c1-15(2)28-20-11-8-18(14-16(20)3)23-21(25)22(12-4-5-13-22)17-6-9-19(10-7-17)24(26)27/h6-11,14-15H,4-5,12-13H2,1-3H3,(H,23,25). The van der Waals surface area contributed by atoms with Gasteiger partial charge in [-0.05, 0) is 62.9 Å². The molecule has 28 heavy (non-hydrogen) atoms. The molecule has 0 heterocycles. The molecule has 1 fully saturated rings. The van der Waals surface area contributed by atoms with Crippen molar-refractivity contribution in [3.05, 3.63) is 63.7 Å². The van der Waals surface area contributed by atoms with Crippen LogP contribution < -0.4 is 10.1 Å². The van der Waals surface area contributed by atoms with Crippen molar-refractivity contribution in [1.29, 1.82) is 0 Å². The van der Waals surface area contributed by atoms with Gasteiger partial charge in [0.2, 0.25) is 5.91 Å². The minimum absolute atomic E-state index is 0.0358. The highest BCUT2D eigenvalue weighted by atomic mass is 16.6. The Morgan fingerprint density at radius 1 is 1.14 bits per heavy atom. The number of rotatable bonds is 6. The lowest BCUT2D eigenvalue weighted by Crippen LogP contribution is -2.38. The molecule has 0 atom stereocenters. The molecule has 0 radical (unpaired) electrons. The van der Waals surface area contributed by atoms with Gasteiger partial charge in [-0.25, -0.2) is 0 Å². The average Bonchev–Trinajstić information content (AvgIpc) is 3.15. The lowest BCUT2D eigenvalue weighted by Gasteiger charge is -2.28. The zero-order valence-corrected chi connectivity index (χ0v) is 16.5. The first-order valence-electron chi connectivity index (χ1n) is 9.65. The van der Waals surface area contributed by atoms with E-state index in [1.807, 2.05) is 39.0 Å². The third-order valence-corrected chi connectivity index (χ3v) is 5.32. The number of amides is 1. The minimum Gasteiger partial charge on any atom is -0.491 e. The fraction of sp³-hybridized carbons (Fsp3) is 0.409. The Morgan fingerprint density at radius 2 is 1.79 bits per heavy atom. The van der Waals surface area contributed by atoms with Gasteiger partial charge in [0, 0.05) is 17.8 Å². The summed E-state index contributed by atoms with van der Waals surface area (Å²) >= 11 is 0. The first-order chi connectivity index (χ1) is 13.3. The van der Waals surface area contributed by atoms with E-state index in [9.17, 15) is 14.9 Å². The van der Waals surface area contributed by atoms with E-state index in [1.165, 1.54) is 12.1 Å². The van der Waals surface area contributed by atoms with E-state index in [0.717, 1.165) is 48.2 Å². The van der Waals surface area contributed by atoms with Crippen LogP contribution in [0.2, 0.25) is 0 Å². The van der Waals surface area contributed by atoms with Crippen LogP contribution in [0.3, 0.4) is 0 Å². The maximum absolute atomic E-state index is 13.3. The second kappa shape index (κ2) is 8.00. The predicted molar refractivity (Wildman–Crippen MR) is 109 cm³/mol. The number of carbonyl (C=O) groups is 1. The highest BCUT2D eigenvalue weighted by Crippen LogP contribution is 2.42. The van der Waals surface area contributed by atoms with Crippen LogP contribution >= 0.6 is 0 Å². The van der Waals surface area contributed by atoms with Crippen molar-refractivity contribution in [1.82, 2.24) is 0 Å². The number of carbonyl (C=O) groups excluding carboxylic acids is 1.